The average molecular weight is 719 g/mol. The summed E-state index contributed by atoms with van der Waals surface area (Å²) in [5.74, 6) is -0.572. The van der Waals surface area contributed by atoms with Crippen molar-refractivity contribution in [2.75, 3.05) is 25.1 Å². The van der Waals surface area contributed by atoms with Gasteiger partial charge in [-0.2, -0.15) is 26.3 Å². The quantitative estimate of drug-likeness (QED) is 0.182. The fraction of sp³-hybridized carbons (Fsp3) is 0.314. The Hall–Kier alpha value is -5.41. The molecule has 6 rings (SSSR count). The first-order valence-electron chi connectivity index (χ1n) is 15.5. The smallest absolute Gasteiger partial charge is 0.416 e. The number of aromatic carboxylic acids is 1. The van der Waals surface area contributed by atoms with E-state index in [1.54, 1.807) is 36.1 Å². The number of ether oxygens (including phenoxy) is 2. The minimum absolute atomic E-state index is 0.000287. The van der Waals surface area contributed by atoms with Crippen LogP contribution >= 0.6 is 0 Å². The Bertz CT molecular complexity index is 1980. The number of pyridine rings is 2. The van der Waals surface area contributed by atoms with Gasteiger partial charge in [0.15, 0.2) is 0 Å². The largest absolute Gasteiger partial charge is 0.481 e. The number of carbonyl (C=O) groups is 2. The van der Waals surface area contributed by atoms with Crippen LogP contribution in [0.1, 0.15) is 51.3 Å². The second kappa shape index (κ2) is 13.0. The fourth-order valence-corrected chi connectivity index (χ4v) is 6.18. The summed E-state index contributed by atoms with van der Waals surface area (Å²) in [5, 5.41) is 9.40. The van der Waals surface area contributed by atoms with Gasteiger partial charge in [0, 0.05) is 22.9 Å². The van der Waals surface area contributed by atoms with Gasteiger partial charge in [-0.05, 0) is 79.1 Å². The normalized spacial score (nSPS) is 18.1. The van der Waals surface area contributed by atoms with Crippen LogP contribution in [0.15, 0.2) is 60.8 Å². The number of cyclic esters (lactones) is 1. The number of aromatic nitrogens is 2. The predicted molar refractivity (Wildman–Crippen MR) is 169 cm³/mol. The molecule has 2 aliphatic rings. The van der Waals surface area contributed by atoms with Crippen LogP contribution in [0.5, 0.6) is 5.88 Å². The topological polar surface area (TPSA) is 105 Å². The Balaban J connectivity index is 1.41. The zero-order valence-electron chi connectivity index (χ0n) is 27.1. The van der Waals surface area contributed by atoms with Crippen molar-refractivity contribution in [1.29, 1.82) is 0 Å². The molecule has 2 aromatic heterocycles. The predicted octanol–water partition coefficient (Wildman–Crippen LogP) is 8.10. The van der Waals surface area contributed by atoms with Crippen LogP contribution in [0, 0.1) is 6.92 Å². The molecule has 2 fully saturated rings. The van der Waals surface area contributed by atoms with Crippen LogP contribution in [0.2, 0.25) is 0 Å². The summed E-state index contributed by atoms with van der Waals surface area (Å²) in [5.41, 5.74) is -0.555. The number of amides is 1. The van der Waals surface area contributed by atoms with E-state index in [1.165, 1.54) is 32.4 Å². The number of carboxylic acid groups (broad SMARTS) is 1. The van der Waals surface area contributed by atoms with Gasteiger partial charge in [0.1, 0.15) is 18.1 Å². The Morgan fingerprint density at radius 3 is 2.18 bits per heavy atom. The van der Waals surface area contributed by atoms with Crippen LogP contribution < -0.4 is 9.64 Å². The van der Waals surface area contributed by atoms with Crippen molar-refractivity contribution < 1.29 is 54.9 Å². The highest BCUT2D eigenvalue weighted by atomic mass is 19.4. The highest BCUT2D eigenvalue weighted by Crippen LogP contribution is 2.42. The number of nitrogens with zero attached hydrogens (tertiary/aromatic N) is 4. The molecule has 2 aromatic carbocycles. The number of hydrogen-bond donors (Lipinski definition) is 1. The minimum atomic E-state index is -5.10. The molecule has 2 atom stereocenters. The van der Waals surface area contributed by atoms with Crippen molar-refractivity contribution in [2.24, 2.45) is 0 Å². The van der Waals surface area contributed by atoms with Crippen LogP contribution in [0.3, 0.4) is 0 Å². The summed E-state index contributed by atoms with van der Waals surface area (Å²) < 4.78 is 107. The number of aryl methyl sites for hydroxylation is 1. The van der Waals surface area contributed by atoms with Crippen molar-refractivity contribution in [1.82, 2.24) is 14.9 Å². The zero-order chi connectivity index (χ0) is 37.0. The number of halogens is 7. The van der Waals surface area contributed by atoms with Crippen LogP contribution in [-0.4, -0.2) is 64.4 Å². The number of benzene rings is 2. The summed E-state index contributed by atoms with van der Waals surface area (Å²) in [6, 6.07) is 9.62. The third-order valence-electron chi connectivity index (χ3n) is 8.89. The van der Waals surface area contributed by atoms with Gasteiger partial charge in [-0.3, -0.25) is 4.90 Å². The summed E-state index contributed by atoms with van der Waals surface area (Å²) in [7, 11) is 1.39. The first-order valence-corrected chi connectivity index (χ1v) is 15.5. The molecular formula is C35H29F7N4O5. The molecule has 268 valence electrons. The van der Waals surface area contributed by atoms with E-state index in [2.05, 4.69) is 4.98 Å². The van der Waals surface area contributed by atoms with E-state index >= 15 is 0 Å². The van der Waals surface area contributed by atoms with E-state index in [9.17, 15) is 45.4 Å². The Labute approximate surface area is 286 Å². The molecule has 2 aliphatic heterocycles. The fourth-order valence-electron chi connectivity index (χ4n) is 6.18. The first-order chi connectivity index (χ1) is 23.9. The molecule has 1 amide bonds. The van der Waals surface area contributed by atoms with Crippen molar-refractivity contribution >= 4 is 17.9 Å². The lowest BCUT2D eigenvalue weighted by Crippen LogP contribution is -2.49. The first kappa shape index (κ1) is 35.4. The van der Waals surface area contributed by atoms with Crippen molar-refractivity contribution in [3.05, 3.63) is 94.3 Å². The minimum Gasteiger partial charge on any atom is -0.481 e. The van der Waals surface area contributed by atoms with Gasteiger partial charge in [-0.15, -0.1) is 0 Å². The van der Waals surface area contributed by atoms with Gasteiger partial charge < -0.3 is 19.5 Å². The van der Waals surface area contributed by atoms with Crippen LogP contribution in [0.4, 0.5) is 41.3 Å². The molecule has 51 heavy (non-hydrogen) atoms. The lowest BCUT2D eigenvalue weighted by Gasteiger charge is -2.36. The molecule has 0 spiro atoms. The number of carbonyl (C=O) groups excluding carboxylic acids is 1. The average Bonchev–Trinajstić information content (AvgIpc) is 3.34. The number of anilines is 1. The summed E-state index contributed by atoms with van der Waals surface area (Å²) >= 11 is 0. The van der Waals surface area contributed by atoms with Gasteiger partial charge in [-0.1, -0.05) is 6.07 Å². The van der Waals surface area contributed by atoms with E-state index in [-0.39, 0.29) is 42.8 Å². The van der Waals surface area contributed by atoms with Crippen LogP contribution in [-0.2, 0) is 23.6 Å². The third kappa shape index (κ3) is 6.99. The number of alkyl halides is 7. The standard InChI is InChI=1S/C35H29F7N4O5/c1-17-8-19(32(47)48)4-5-25(17)21-11-27(31(50-3)43-13-21)26-6-7-29(45-14-24(36)15-45)44-28(26)16-46-18(2)30(51-33(46)49)20-9-22(34(37,38)39)12-23(10-20)35(40,41)42/h4-13,18,24,30H,14-16H2,1-3H3,(H,47,48)/t18-,30-/m0/s1. The Morgan fingerprint density at radius 1 is 0.961 bits per heavy atom. The molecule has 9 nitrogen and oxygen atoms in total. The van der Waals surface area contributed by atoms with Gasteiger partial charge in [-0.25, -0.2) is 23.9 Å². The maximum Gasteiger partial charge on any atom is 0.416 e. The summed E-state index contributed by atoms with van der Waals surface area (Å²) in [6.07, 6.45) is -12.2. The lowest BCUT2D eigenvalue weighted by molar-refractivity contribution is -0.143. The molecule has 2 saturated heterocycles. The van der Waals surface area contributed by atoms with Gasteiger partial charge in [0.05, 0.1) is 55.2 Å². The molecule has 1 N–H and O–H groups in total. The second-order valence-corrected chi connectivity index (χ2v) is 12.3. The molecule has 0 aliphatic carbocycles. The molecule has 0 radical (unpaired) electrons. The van der Waals surface area contributed by atoms with E-state index in [1.807, 2.05) is 0 Å². The number of hydrogen-bond acceptors (Lipinski definition) is 7. The maximum absolute atomic E-state index is 13.8. The molecule has 16 heteroatoms. The summed E-state index contributed by atoms with van der Waals surface area (Å²) in [4.78, 5) is 36.7. The SMILES string of the molecule is COc1ncc(-c2ccc(C(=O)O)cc2C)cc1-c1ccc(N2CC(F)C2)nc1CN1C(=O)O[C@H](c2cc(C(F)(F)F)cc(C(F)(F)F)c2)[C@@H]1C. The number of carboxylic acids is 1. The molecule has 0 unspecified atom stereocenters. The zero-order valence-corrected chi connectivity index (χ0v) is 27.1. The monoisotopic (exact) mass is 718 g/mol. The molecule has 0 saturated carbocycles. The molecular weight excluding hydrogens is 689 g/mol. The molecule has 4 aromatic rings. The van der Waals surface area contributed by atoms with Crippen molar-refractivity contribution in [3.63, 3.8) is 0 Å². The van der Waals surface area contributed by atoms with Gasteiger partial charge in [0.2, 0.25) is 5.88 Å². The Morgan fingerprint density at radius 2 is 1.61 bits per heavy atom. The highest BCUT2D eigenvalue weighted by Gasteiger charge is 2.44. The Kier molecular flexibility index (Phi) is 9.06. The van der Waals surface area contributed by atoms with Crippen LogP contribution in [0.25, 0.3) is 22.3 Å². The van der Waals surface area contributed by atoms with E-state index in [0.717, 1.165) is 4.90 Å². The molecule has 4 heterocycles. The lowest BCUT2D eigenvalue weighted by atomic mass is 9.95. The van der Waals surface area contributed by atoms with Crippen molar-refractivity contribution in [2.45, 2.75) is 51.1 Å². The second-order valence-electron chi connectivity index (χ2n) is 12.3. The molecule has 0 bridgehead atoms. The summed E-state index contributed by atoms with van der Waals surface area (Å²) in [6.45, 7) is 3.00. The van der Waals surface area contributed by atoms with E-state index in [0.29, 0.717) is 45.8 Å². The number of rotatable bonds is 8. The van der Waals surface area contributed by atoms with Crippen molar-refractivity contribution in [3.8, 4) is 28.1 Å². The third-order valence-corrected chi connectivity index (χ3v) is 8.89. The van der Waals surface area contributed by atoms with E-state index in [4.69, 9.17) is 14.5 Å². The highest BCUT2D eigenvalue weighted by molar-refractivity contribution is 5.89. The van der Waals surface area contributed by atoms with E-state index < -0.39 is 59.4 Å². The number of methoxy groups -OCH3 is 1. The maximum atomic E-state index is 13.8. The van der Waals surface area contributed by atoms with Gasteiger partial charge in [0.25, 0.3) is 0 Å². The van der Waals surface area contributed by atoms with Gasteiger partial charge >= 0.3 is 24.4 Å².